The predicted octanol–water partition coefficient (Wildman–Crippen LogP) is -1.28. The van der Waals surface area contributed by atoms with Crippen molar-refractivity contribution in [2.75, 3.05) is 0 Å². The highest BCUT2D eigenvalue weighted by atomic mass is 32.2. The fourth-order valence-corrected chi connectivity index (χ4v) is 0.230. The highest BCUT2D eigenvalue weighted by molar-refractivity contribution is 7.76. The standard InChI is InChI=1S/CH4N2O4S/c2-1(4)7-3-8(5)6/h3H,(H2,2,4)(H,5,6). The second-order valence-electron chi connectivity index (χ2n) is 0.754. The van der Waals surface area contributed by atoms with Crippen molar-refractivity contribution in [1.82, 2.24) is 4.89 Å². The van der Waals surface area contributed by atoms with E-state index in [9.17, 15) is 9.00 Å². The van der Waals surface area contributed by atoms with Crippen LogP contribution < -0.4 is 10.6 Å². The minimum Gasteiger partial charge on any atom is -0.339 e. The molecule has 1 unspecified atom stereocenters. The van der Waals surface area contributed by atoms with Gasteiger partial charge in [0.15, 0.2) is 0 Å². The normalized spacial score (nSPS) is 12.6. The molecule has 0 aliphatic carbocycles. The van der Waals surface area contributed by atoms with Crippen LogP contribution >= 0.6 is 0 Å². The van der Waals surface area contributed by atoms with Crippen molar-refractivity contribution in [2.45, 2.75) is 0 Å². The van der Waals surface area contributed by atoms with E-state index in [4.69, 9.17) is 4.55 Å². The zero-order valence-electron chi connectivity index (χ0n) is 3.66. The van der Waals surface area contributed by atoms with E-state index in [2.05, 4.69) is 10.6 Å². The third kappa shape index (κ3) is 5.34. The average Bonchev–Trinajstić information content (AvgIpc) is 1.61. The number of carbonyl (C=O) groups is 1. The first kappa shape index (κ1) is 7.34. The smallest absolute Gasteiger partial charge is 0.339 e. The first-order valence-electron chi connectivity index (χ1n) is 1.45. The number of primary amides is 1. The highest BCUT2D eigenvalue weighted by Crippen LogP contribution is 1.65. The van der Waals surface area contributed by atoms with Crippen LogP contribution in [-0.2, 0) is 16.1 Å². The van der Waals surface area contributed by atoms with E-state index in [1.54, 1.807) is 0 Å². The molecular weight excluding hydrogens is 136 g/mol. The lowest BCUT2D eigenvalue weighted by Gasteiger charge is -1.93. The maximum atomic E-state index is 9.60. The molecule has 0 aromatic heterocycles. The number of hydrogen-bond acceptors (Lipinski definition) is 3. The van der Waals surface area contributed by atoms with Crippen LogP contribution in [0, 0.1) is 0 Å². The monoisotopic (exact) mass is 140 g/mol. The Balaban J connectivity index is 3.18. The maximum Gasteiger partial charge on any atom is 0.424 e. The van der Waals surface area contributed by atoms with Crippen molar-refractivity contribution in [3.63, 3.8) is 0 Å². The molecule has 0 aliphatic heterocycles. The fraction of sp³-hybridized carbons (Fsp3) is 0. The van der Waals surface area contributed by atoms with Gasteiger partial charge in [0.05, 0.1) is 0 Å². The lowest BCUT2D eigenvalue weighted by molar-refractivity contribution is 0.134. The van der Waals surface area contributed by atoms with Crippen molar-refractivity contribution in [2.24, 2.45) is 5.73 Å². The van der Waals surface area contributed by atoms with Gasteiger partial charge in [-0.15, -0.1) is 0 Å². The molecule has 4 N–H and O–H groups in total. The summed E-state index contributed by atoms with van der Waals surface area (Å²) < 4.78 is 17.4. The maximum absolute atomic E-state index is 9.60. The number of hydrogen-bond donors (Lipinski definition) is 3. The second-order valence-corrected chi connectivity index (χ2v) is 1.42. The van der Waals surface area contributed by atoms with Gasteiger partial charge in [0, 0.05) is 0 Å². The van der Waals surface area contributed by atoms with Crippen LogP contribution in [0.25, 0.3) is 0 Å². The van der Waals surface area contributed by atoms with E-state index in [1.165, 1.54) is 4.89 Å². The van der Waals surface area contributed by atoms with Gasteiger partial charge in [-0.05, 0) is 4.89 Å². The first-order valence-corrected chi connectivity index (χ1v) is 2.56. The Morgan fingerprint density at radius 3 is 2.50 bits per heavy atom. The van der Waals surface area contributed by atoms with Crippen molar-refractivity contribution in [3.8, 4) is 0 Å². The minimum atomic E-state index is -2.36. The van der Waals surface area contributed by atoms with Gasteiger partial charge in [-0.1, -0.05) is 0 Å². The Bertz CT molecular complexity index is 98.6. The van der Waals surface area contributed by atoms with E-state index >= 15 is 0 Å². The van der Waals surface area contributed by atoms with Crippen molar-refractivity contribution >= 4 is 17.4 Å². The summed E-state index contributed by atoms with van der Waals surface area (Å²) in [4.78, 5) is 14.6. The van der Waals surface area contributed by atoms with Crippen LogP contribution in [0.4, 0.5) is 4.79 Å². The van der Waals surface area contributed by atoms with Crippen LogP contribution in [0.15, 0.2) is 0 Å². The molecule has 0 spiro atoms. The third-order valence-corrected chi connectivity index (χ3v) is 0.439. The quantitative estimate of drug-likeness (QED) is 0.328. The molecule has 0 aromatic carbocycles. The summed E-state index contributed by atoms with van der Waals surface area (Å²) >= 11 is -2.36. The molecule has 0 radical (unpaired) electrons. The Morgan fingerprint density at radius 2 is 2.38 bits per heavy atom. The molecular formula is CH4N2O4S. The molecule has 0 aromatic rings. The summed E-state index contributed by atoms with van der Waals surface area (Å²) in [5.41, 5.74) is 4.37. The molecule has 0 aliphatic rings. The van der Waals surface area contributed by atoms with Crippen LogP contribution in [0.1, 0.15) is 0 Å². The molecule has 0 saturated heterocycles. The van der Waals surface area contributed by atoms with E-state index in [0.717, 1.165) is 0 Å². The lowest BCUT2D eigenvalue weighted by Crippen LogP contribution is -2.25. The summed E-state index contributed by atoms with van der Waals surface area (Å²) in [6, 6.07) is 0. The summed E-state index contributed by atoms with van der Waals surface area (Å²) in [5, 5.41) is 0. The van der Waals surface area contributed by atoms with Gasteiger partial charge in [0.1, 0.15) is 0 Å². The summed E-state index contributed by atoms with van der Waals surface area (Å²) in [6.07, 6.45) is -1.16. The largest absolute Gasteiger partial charge is 0.424 e. The van der Waals surface area contributed by atoms with Gasteiger partial charge in [0.2, 0.25) is 0 Å². The van der Waals surface area contributed by atoms with Gasteiger partial charge >= 0.3 is 6.09 Å². The van der Waals surface area contributed by atoms with Gasteiger partial charge in [0.25, 0.3) is 11.3 Å². The summed E-state index contributed by atoms with van der Waals surface area (Å²) in [5.74, 6) is 0. The lowest BCUT2D eigenvalue weighted by atomic mass is 11.3. The summed E-state index contributed by atoms with van der Waals surface area (Å²) in [6.45, 7) is 0. The van der Waals surface area contributed by atoms with E-state index < -0.39 is 17.4 Å². The molecule has 0 bridgehead atoms. The van der Waals surface area contributed by atoms with Gasteiger partial charge in [-0.25, -0.2) is 9.00 Å². The average molecular weight is 140 g/mol. The number of nitrogens with two attached hydrogens (primary N) is 1. The number of carbonyl (C=O) groups excluding carboxylic acids is 1. The Morgan fingerprint density at radius 1 is 1.88 bits per heavy atom. The zero-order valence-corrected chi connectivity index (χ0v) is 4.47. The van der Waals surface area contributed by atoms with Crippen molar-refractivity contribution < 1.29 is 18.4 Å². The topological polar surface area (TPSA) is 102 Å². The van der Waals surface area contributed by atoms with E-state index in [-0.39, 0.29) is 0 Å². The Labute approximate surface area is 47.4 Å². The fourth-order valence-electron chi connectivity index (χ4n) is 0.0767. The molecule has 8 heavy (non-hydrogen) atoms. The Hall–Kier alpha value is -0.660. The van der Waals surface area contributed by atoms with Crippen LogP contribution in [0.3, 0.4) is 0 Å². The first-order chi connectivity index (χ1) is 3.63. The molecule has 0 rings (SSSR count). The zero-order chi connectivity index (χ0) is 6.57. The van der Waals surface area contributed by atoms with Gasteiger partial charge < -0.3 is 10.6 Å². The molecule has 6 nitrogen and oxygen atoms in total. The van der Waals surface area contributed by atoms with Crippen molar-refractivity contribution in [3.05, 3.63) is 0 Å². The van der Waals surface area contributed by atoms with E-state index in [1.807, 2.05) is 0 Å². The summed E-state index contributed by atoms with van der Waals surface area (Å²) in [7, 11) is 0. The molecule has 1 atom stereocenters. The molecule has 7 heteroatoms. The number of nitrogens with one attached hydrogen (secondary N) is 1. The van der Waals surface area contributed by atoms with Crippen molar-refractivity contribution in [1.29, 1.82) is 0 Å². The molecule has 48 valence electrons. The van der Waals surface area contributed by atoms with E-state index in [0.29, 0.717) is 0 Å². The molecule has 0 fully saturated rings. The van der Waals surface area contributed by atoms with Crippen LogP contribution in [0.2, 0.25) is 0 Å². The second kappa shape index (κ2) is 3.36. The highest BCUT2D eigenvalue weighted by Gasteiger charge is 1.93. The number of amides is 1. The van der Waals surface area contributed by atoms with Crippen LogP contribution in [0.5, 0.6) is 0 Å². The third-order valence-electron chi connectivity index (χ3n) is 0.214. The number of rotatable bonds is 2. The molecule has 1 amide bonds. The Kier molecular flexibility index (Phi) is 3.08. The van der Waals surface area contributed by atoms with Crippen LogP contribution in [-0.4, -0.2) is 14.9 Å². The molecule has 0 saturated carbocycles. The predicted molar refractivity (Wildman–Crippen MR) is 24.6 cm³/mol. The van der Waals surface area contributed by atoms with Gasteiger partial charge in [-0.2, -0.15) is 0 Å². The minimum absolute atomic E-state index is 1.16. The SMILES string of the molecule is NC(=O)ONS(=O)O. The molecule has 0 heterocycles. The van der Waals surface area contributed by atoms with Gasteiger partial charge in [-0.3, -0.25) is 4.55 Å².